The summed E-state index contributed by atoms with van der Waals surface area (Å²) in [7, 11) is -2.87. The van der Waals surface area contributed by atoms with Gasteiger partial charge in [-0.25, -0.2) is 8.42 Å². The molecule has 0 fully saturated rings. The molecule has 0 atom stereocenters. The van der Waals surface area contributed by atoms with Gasteiger partial charge in [-0.3, -0.25) is 4.55 Å². The zero-order valence-corrected chi connectivity index (χ0v) is 15.0. The van der Waals surface area contributed by atoms with Gasteiger partial charge in [-0.05, 0) is 42.8 Å². The largest absolute Gasteiger partial charge is 0.493 e. The van der Waals surface area contributed by atoms with E-state index in [0.29, 0.717) is 11.3 Å². The first kappa shape index (κ1) is 18.7. The standard InChI is InChI=1S/C15H15ClO6S2/c1-11-2-7-15(24(19,20)21)12(10-11)8-9-22-13-3-5-14(6-4-13)23(16,17)18/h2-7,10H,8-9H2,1H3,(H,19,20,21). The van der Waals surface area contributed by atoms with Crippen LogP contribution in [0.25, 0.3) is 0 Å². The fraction of sp³-hybridized carbons (Fsp3) is 0.200. The third kappa shape index (κ3) is 4.94. The lowest BCUT2D eigenvalue weighted by Crippen LogP contribution is -2.08. The van der Waals surface area contributed by atoms with Crippen LogP contribution in [0.15, 0.2) is 52.3 Å². The monoisotopic (exact) mass is 390 g/mol. The van der Waals surface area contributed by atoms with Crippen LogP contribution < -0.4 is 4.74 Å². The van der Waals surface area contributed by atoms with Crippen LogP contribution in [0.2, 0.25) is 0 Å². The summed E-state index contributed by atoms with van der Waals surface area (Å²) in [5.41, 5.74) is 1.30. The lowest BCUT2D eigenvalue weighted by atomic mass is 10.1. The van der Waals surface area contributed by atoms with E-state index in [2.05, 4.69) is 0 Å². The molecular formula is C15H15ClO6S2. The molecule has 0 aliphatic heterocycles. The number of rotatable bonds is 6. The topological polar surface area (TPSA) is 97.7 Å². The summed E-state index contributed by atoms with van der Waals surface area (Å²) in [6.45, 7) is 1.96. The zero-order valence-electron chi connectivity index (χ0n) is 12.6. The summed E-state index contributed by atoms with van der Waals surface area (Å²) in [6, 6.07) is 10.1. The van der Waals surface area contributed by atoms with Gasteiger partial charge in [0.15, 0.2) is 0 Å². The number of aryl methyl sites for hydroxylation is 1. The first-order chi connectivity index (χ1) is 11.1. The Labute approximate surface area is 145 Å². The van der Waals surface area contributed by atoms with Crippen molar-refractivity contribution in [3.8, 4) is 5.75 Å². The smallest absolute Gasteiger partial charge is 0.294 e. The zero-order chi connectivity index (χ0) is 18.0. The van der Waals surface area contributed by atoms with E-state index in [1.165, 1.54) is 30.3 Å². The number of hydrogen-bond donors (Lipinski definition) is 1. The maximum Gasteiger partial charge on any atom is 0.294 e. The van der Waals surface area contributed by atoms with Gasteiger partial charge >= 0.3 is 0 Å². The minimum absolute atomic E-state index is 0.0381. The highest BCUT2D eigenvalue weighted by molar-refractivity contribution is 8.13. The number of benzene rings is 2. The van der Waals surface area contributed by atoms with Crippen molar-refractivity contribution in [1.82, 2.24) is 0 Å². The van der Waals surface area contributed by atoms with E-state index in [0.717, 1.165) is 5.56 Å². The van der Waals surface area contributed by atoms with Crippen LogP contribution in [0.3, 0.4) is 0 Å². The molecule has 0 aromatic heterocycles. The maximum absolute atomic E-state index is 11.4. The molecule has 9 heteroatoms. The number of ether oxygens (including phenoxy) is 1. The molecule has 0 amide bonds. The summed E-state index contributed by atoms with van der Waals surface area (Å²) in [5.74, 6) is 0.417. The van der Waals surface area contributed by atoms with Crippen LogP contribution in [-0.4, -0.2) is 28.0 Å². The molecule has 0 saturated heterocycles. The quantitative estimate of drug-likeness (QED) is 0.601. The lowest BCUT2D eigenvalue weighted by Gasteiger charge is -2.10. The molecule has 24 heavy (non-hydrogen) atoms. The highest BCUT2D eigenvalue weighted by atomic mass is 35.7. The molecule has 0 aliphatic carbocycles. The SMILES string of the molecule is Cc1ccc(S(=O)(=O)O)c(CCOc2ccc(S(=O)(=O)Cl)cc2)c1. The van der Waals surface area contributed by atoms with Crippen molar-refractivity contribution in [3.05, 3.63) is 53.6 Å². The van der Waals surface area contributed by atoms with E-state index in [1.807, 2.05) is 6.92 Å². The molecule has 0 radical (unpaired) electrons. The van der Waals surface area contributed by atoms with E-state index in [4.69, 9.17) is 15.4 Å². The van der Waals surface area contributed by atoms with Crippen LogP contribution in [0.1, 0.15) is 11.1 Å². The Morgan fingerprint density at radius 1 is 1.04 bits per heavy atom. The van der Waals surface area contributed by atoms with Crippen molar-refractivity contribution in [2.45, 2.75) is 23.1 Å². The van der Waals surface area contributed by atoms with Crippen LogP contribution in [0, 0.1) is 6.92 Å². The fourth-order valence-corrected chi connectivity index (χ4v) is 3.63. The van der Waals surface area contributed by atoms with E-state index in [1.54, 1.807) is 12.1 Å². The Morgan fingerprint density at radius 2 is 1.67 bits per heavy atom. The molecule has 0 spiro atoms. The van der Waals surface area contributed by atoms with E-state index in [-0.39, 0.29) is 22.8 Å². The molecule has 0 saturated carbocycles. The summed E-state index contributed by atoms with van der Waals surface area (Å²) in [5, 5.41) is 0. The molecule has 1 N–H and O–H groups in total. The predicted molar refractivity (Wildman–Crippen MR) is 89.7 cm³/mol. The van der Waals surface area contributed by atoms with Gasteiger partial charge in [0, 0.05) is 17.1 Å². The van der Waals surface area contributed by atoms with Crippen molar-refractivity contribution in [2.24, 2.45) is 0 Å². The van der Waals surface area contributed by atoms with Gasteiger partial charge in [-0.2, -0.15) is 8.42 Å². The normalized spacial score (nSPS) is 12.1. The minimum Gasteiger partial charge on any atom is -0.493 e. The highest BCUT2D eigenvalue weighted by Crippen LogP contribution is 2.21. The molecular weight excluding hydrogens is 376 g/mol. The van der Waals surface area contributed by atoms with Crippen molar-refractivity contribution < 1.29 is 26.1 Å². The van der Waals surface area contributed by atoms with Gasteiger partial charge in [0.05, 0.1) is 16.4 Å². The Hall–Kier alpha value is -1.61. The van der Waals surface area contributed by atoms with E-state index < -0.39 is 19.2 Å². The van der Waals surface area contributed by atoms with Gasteiger partial charge in [0.1, 0.15) is 5.75 Å². The first-order valence-electron chi connectivity index (χ1n) is 6.82. The molecule has 6 nitrogen and oxygen atoms in total. The van der Waals surface area contributed by atoms with Crippen LogP contribution in [0.4, 0.5) is 0 Å². The van der Waals surface area contributed by atoms with Gasteiger partial charge in [0.2, 0.25) is 0 Å². The second-order valence-corrected chi connectivity index (χ2v) is 9.05. The average Bonchev–Trinajstić information content (AvgIpc) is 2.45. The van der Waals surface area contributed by atoms with Gasteiger partial charge < -0.3 is 4.74 Å². The van der Waals surface area contributed by atoms with Crippen LogP contribution in [0.5, 0.6) is 5.75 Å². The van der Waals surface area contributed by atoms with Crippen molar-refractivity contribution in [2.75, 3.05) is 6.61 Å². The third-order valence-electron chi connectivity index (χ3n) is 3.24. The minimum atomic E-state index is -4.30. The average molecular weight is 391 g/mol. The Balaban J connectivity index is 2.09. The summed E-state index contributed by atoms with van der Waals surface area (Å²) >= 11 is 0. The van der Waals surface area contributed by atoms with Crippen molar-refractivity contribution in [1.29, 1.82) is 0 Å². The summed E-state index contributed by atoms with van der Waals surface area (Å²) in [4.78, 5) is -0.191. The van der Waals surface area contributed by atoms with Crippen molar-refractivity contribution >= 4 is 29.9 Å². The Morgan fingerprint density at radius 3 is 2.21 bits per heavy atom. The Bertz CT molecular complexity index is 934. The van der Waals surface area contributed by atoms with Gasteiger partial charge in [-0.1, -0.05) is 17.7 Å². The van der Waals surface area contributed by atoms with E-state index in [9.17, 15) is 21.4 Å². The first-order valence-corrected chi connectivity index (χ1v) is 10.6. The molecule has 0 bridgehead atoms. The predicted octanol–water partition coefficient (Wildman–Crippen LogP) is 2.79. The summed E-state index contributed by atoms with van der Waals surface area (Å²) in [6.07, 6.45) is 0.256. The molecule has 0 unspecified atom stereocenters. The van der Waals surface area contributed by atoms with Crippen LogP contribution in [-0.2, 0) is 25.6 Å². The molecule has 2 rings (SSSR count). The van der Waals surface area contributed by atoms with Crippen molar-refractivity contribution in [3.63, 3.8) is 0 Å². The molecule has 0 heterocycles. The summed E-state index contributed by atoms with van der Waals surface area (Å²) < 4.78 is 59.8. The number of halogens is 1. The highest BCUT2D eigenvalue weighted by Gasteiger charge is 2.15. The van der Waals surface area contributed by atoms with Gasteiger partial charge in [0.25, 0.3) is 19.2 Å². The molecule has 130 valence electrons. The second-order valence-electron chi connectivity index (χ2n) is 5.09. The Kier molecular flexibility index (Phi) is 5.54. The van der Waals surface area contributed by atoms with Gasteiger partial charge in [-0.15, -0.1) is 0 Å². The fourth-order valence-electron chi connectivity index (χ4n) is 2.13. The second kappa shape index (κ2) is 7.10. The lowest BCUT2D eigenvalue weighted by molar-refractivity contribution is 0.320. The molecule has 0 aliphatic rings. The molecule has 2 aromatic rings. The molecule has 2 aromatic carbocycles. The van der Waals surface area contributed by atoms with Crippen LogP contribution >= 0.6 is 10.7 Å². The number of hydrogen-bond acceptors (Lipinski definition) is 5. The van der Waals surface area contributed by atoms with E-state index >= 15 is 0 Å². The maximum atomic E-state index is 11.4. The third-order valence-corrected chi connectivity index (χ3v) is 5.56.